The standard InChI is InChI=1S/C21H24N2O3/c1-22(2)20(24)17-11-12-23(14-17)13-15-7-9-16(10-8-15)18-5-3-4-6-19(18)21(25)26/h3-10,17H,11-14H2,1-2H3,(H,25,26)/t17-/m1/s1. The van der Waals surface area contributed by atoms with Crippen molar-refractivity contribution in [2.45, 2.75) is 13.0 Å². The van der Waals surface area contributed by atoms with Crippen LogP contribution >= 0.6 is 0 Å². The lowest BCUT2D eigenvalue weighted by atomic mass is 9.98. The molecule has 0 saturated carbocycles. The van der Waals surface area contributed by atoms with Gasteiger partial charge in [-0.15, -0.1) is 0 Å². The van der Waals surface area contributed by atoms with E-state index in [4.69, 9.17) is 0 Å². The first-order valence-electron chi connectivity index (χ1n) is 8.81. The van der Waals surface area contributed by atoms with Gasteiger partial charge >= 0.3 is 5.97 Å². The second-order valence-corrected chi connectivity index (χ2v) is 7.00. The Kier molecular flexibility index (Phi) is 5.38. The molecule has 1 aliphatic rings. The van der Waals surface area contributed by atoms with E-state index in [9.17, 15) is 14.7 Å². The minimum absolute atomic E-state index is 0.0896. The van der Waals surface area contributed by atoms with E-state index in [0.717, 1.165) is 37.2 Å². The second-order valence-electron chi connectivity index (χ2n) is 7.00. The molecule has 5 nitrogen and oxygen atoms in total. The number of carbonyl (C=O) groups excluding carboxylic acids is 1. The van der Waals surface area contributed by atoms with E-state index in [1.54, 1.807) is 31.1 Å². The summed E-state index contributed by atoms with van der Waals surface area (Å²) in [7, 11) is 3.61. The summed E-state index contributed by atoms with van der Waals surface area (Å²) in [5.74, 6) is -0.627. The number of hydrogen-bond donors (Lipinski definition) is 1. The molecule has 1 N–H and O–H groups in total. The number of likely N-dealkylation sites (tertiary alicyclic amines) is 1. The van der Waals surface area contributed by atoms with Gasteiger partial charge in [0.2, 0.25) is 5.91 Å². The Morgan fingerprint density at radius 2 is 1.81 bits per heavy atom. The van der Waals surface area contributed by atoms with Gasteiger partial charge < -0.3 is 10.0 Å². The van der Waals surface area contributed by atoms with E-state index in [-0.39, 0.29) is 11.8 Å². The average molecular weight is 352 g/mol. The molecule has 0 unspecified atom stereocenters. The normalized spacial score (nSPS) is 17.2. The van der Waals surface area contributed by atoms with Crippen molar-refractivity contribution in [1.29, 1.82) is 0 Å². The lowest BCUT2D eigenvalue weighted by Crippen LogP contribution is -2.31. The van der Waals surface area contributed by atoms with Crippen LogP contribution in [0.5, 0.6) is 0 Å². The molecule has 0 spiro atoms. The van der Waals surface area contributed by atoms with Crippen LogP contribution in [0.4, 0.5) is 0 Å². The quantitative estimate of drug-likeness (QED) is 0.899. The number of aromatic carboxylic acids is 1. The van der Waals surface area contributed by atoms with Crippen LogP contribution in [0.25, 0.3) is 11.1 Å². The van der Waals surface area contributed by atoms with Gasteiger partial charge in [0.05, 0.1) is 11.5 Å². The number of rotatable bonds is 5. The highest BCUT2D eigenvalue weighted by Crippen LogP contribution is 2.25. The summed E-state index contributed by atoms with van der Waals surface area (Å²) in [6.45, 7) is 2.52. The molecular formula is C21H24N2O3. The van der Waals surface area contributed by atoms with Gasteiger partial charge in [-0.05, 0) is 35.7 Å². The van der Waals surface area contributed by atoms with Crippen LogP contribution in [0.3, 0.4) is 0 Å². The van der Waals surface area contributed by atoms with Crippen molar-refractivity contribution < 1.29 is 14.7 Å². The van der Waals surface area contributed by atoms with Crippen LogP contribution in [0.15, 0.2) is 48.5 Å². The lowest BCUT2D eigenvalue weighted by molar-refractivity contribution is -0.132. The minimum atomic E-state index is -0.918. The molecule has 1 aliphatic heterocycles. The molecule has 0 radical (unpaired) electrons. The minimum Gasteiger partial charge on any atom is -0.478 e. The van der Waals surface area contributed by atoms with Gasteiger partial charge in [0.25, 0.3) is 0 Å². The van der Waals surface area contributed by atoms with E-state index in [1.807, 2.05) is 36.4 Å². The third-order valence-electron chi connectivity index (χ3n) is 4.89. The zero-order chi connectivity index (χ0) is 18.7. The summed E-state index contributed by atoms with van der Waals surface area (Å²) in [6.07, 6.45) is 0.904. The molecule has 1 heterocycles. The fourth-order valence-corrected chi connectivity index (χ4v) is 3.51. The molecule has 1 atom stereocenters. The lowest BCUT2D eigenvalue weighted by Gasteiger charge is -2.18. The molecule has 3 rings (SSSR count). The molecule has 0 bridgehead atoms. The molecule has 2 aromatic carbocycles. The maximum absolute atomic E-state index is 12.1. The number of carboxylic acid groups (broad SMARTS) is 1. The molecule has 0 aliphatic carbocycles. The van der Waals surface area contributed by atoms with Crippen molar-refractivity contribution in [3.63, 3.8) is 0 Å². The van der Waals surface area contributed by atoms with E-state index in [1.165, 1.54) is 5.56 Å². The number of hydrogen-bond acceptors (Lipinski definition) is 3. The molecule has 1 amide bonds. The molecule has 136 valence electrons. The topological polar surface area (TPSA) is 60.9 Å². The first kappa shape index (κ1) is 18.1. The van der Waals surface area contributed by atoms with Gasteiger partial charge in [0.1, 0.15) is 0 Å². The SMILES string of the molecule is CN(C)C(=O)[C@@H]1CCN(Cc2ccc(-c3ccccc3C(=O)O)cc2)C1. The number of carboxylic acids is 1. The summed E-state index contributed by atoms with van der Waals surface area (Å²) in [6, 6.07) is 15.0. The van der Waals surface area contributed by atoms with Crippen molar-refractivity contribution >= 4 is 11.9 Å². The summed E-state index contributed by atoms with van der Waals surface area (Å²) >= 11 is 0. The van der Waals surface area contributed by atoms with Gasteiger partial charge in [-0.3, -0.25) is 9.69 Å². The smallest absolute Gasteiger partial charge is 0.336 e. The van der Waals surface area contributed by atoms with Gasteiger partial charge in [-0.1, -0.05) is 42.5 Å². The van der Waals surface area contributed by atoms with Crippen molar-refractivity contribution in [3.8, 4) is 11.1 Å². The maximum atomic E-state index is 12.1. The van der Waals surface area contributed by atoms with Crippen molar-refractivity contribution in [2.75, 3.05) is 27.2 Å². The molecule has 1 saturated heterocycles. The molecule has 2 aromatic rings. The Hall–Kier alpha value is -2.66. The molecular weight excluding hydrogens is 328 g/mol. The molecule has 0 aromatic heterocycles. The fraction of sp³-hybridized carbons (Fsp3) is 0.333. The zero-order valence-corrected chi connectivity index (χ0v) is 15.2. The Labute approximate surface area is 153 Å². The van der Waals surface area contributed by atoms with E-state index >= 15 is 0 Å². The molecule has 1 fully saturated rings. The summed E-state index contributed by atoms with van der Waals surface area (Å²) in [4.78, 5) is 27.4. The predicted molar refractivity (Wildman–Crippen MR) is 101 cm³/mol. The first-order valence-corrected chi connectivity index (χ1v) is 8.81. The summed E-state index contributed by atoms with van der Waals surface area (Å²) in [5.41, 5.74) is 3.10. The third kappa shape index (κ3) is 3.94. The van der Waals surface area contributed by atoms with Crippen LogP contribution in [-0.4, -0.2) is 54.0 Å². The van der Waals surface area contributed by atoms with Crippen LogP contribution in [-0.2, 0) is 11.3 Å². The second kappa shape index (κ2) is 7.70. The maximum Gasteiger partial charge on any atom is 0.336 e. The fourth-order valence-electron chi connectivity index (χ4n) is 3.51. The monoisotopic (exact) mass is 352 g/mol. The van der Waals surface area contributed by atoms with Crippen molar-refractivity contribution in [2.24, 2.45) is 5.92 Å². The predicted octanol–water partition coefficient (Wildman–Crippen LogP) is 2.96. The number of nitrogens with zero attached hydrogens (tertiary/aromatic N) is 2. The molecule has 5 heteroatoms. The Morgan fingerprint density at radius 1 is 1.12 bits per heavy atom. The van der Waals surface area contributed by atoms with Gasteiger partial charge in [-0.2, -0.15) is 0 Å². The van der Waals surface area contributed by atoms with E-state index in [0.29, 0.717) is 5.56 Å². The Bertz CT molecular complexity index is 799. The van der Waals surface area contributed by atoms with Crippen LogP contribution in [0, 0.1) is 5.92 Å². The van der Waals surface area contributed by atoms with Gasteiger partial charge in [0.15, 0.2) is 0 Å². The van der Waals surface area contributed by atoms with Crippen molar-refractivity contribution in [3.05, 3.63) is 59.7 Å². The summed E-state index contributed by atoms with van der Waals surface area (Å²) in [5, 5.41) is 9.34. The van der Waals surface area contributed by atoms with Crippen LogP contribution < -0.4 is 0 Å². The zero-order valence-electron chi connectivity index (χ0n) is 15.2. The highest BCUT2D eigenvalue weighted by molar-refractivity contribution is 5.95. The first-order chi connectivity index (χ1) is 12.5. The third-order valence-corrected chi connectivity index (χ3v) is 4.89. The van der Waals surface area contributed by atoms with E-state index in [2.05, 4.69) is 4.90 Å². The Morgan fingerprint density at radius 3 is 2.46 bits per heavy atom. The largest absolute Gasteiger partial charge is 0.478 e. The van der Waals surface area contributed by atoms with Gasteiger partial charge in [-0.25, -0.2) is 4.79 Å². The number of benzene rings is 2. The van der Waals surface area contributed by atoms with Crippen LogP contribution in [0.2, 0.25) is 0 Å². The van der Waals surface area contributed by atoms with Gasteiger partial charge in [0, 0.05) is 27.2 Å². The van der Waals surface area contributed by atoms with Crippen molar-refractivity contribution in [1.82, 2.24) is 9.80 Å². The van der Waals surface area contributed by atoms with E-state index < -0.39 is 5.97 Å². The number of amides is 1. The Balaban J connectivity index is 1.68. The molecule has 26 heavy (non-hydrogen) atoms. The number of carbonyl (C=O) groups is 2. The summed E-state index contributed by atoms with van der Waals surface area (Å²) < 4.78 is 0. The average Bonchev–Trinajstić information content (AvgIpc) is 3.10. The highest BCUT2D eigenvalue weighted by atomic mass is 16.4. The highest BCUT2D eigenvalue weighted by Gasteiger charge is 2.29. The van der Waals surface area contributed by atoms with Crippen LogP contribution in [0.1, 0.15) is 22.3 Å².